The Morgan fingerprint density at radius 3 is 2.79 bits per heavy atom. The summed E-state index contributed by atoms with van der Waals surface area (Å²) in [7, 11) is 1.70. The Balaban J connectivity index is 1.75. The van der Waals surface area contributed by atoms with E-state index in [1.165, 1.54) is 0 Å². The molecule has 1 aliphatic rings. The van der Waals surface area contributed by atoms with Crippen molar-refractivity contribution in [2.45, 2.75) is 25.7 Å². The molecule has 2 rings (SSSR count). The van der Waals surface area contributed by atoms with E-state index in [1.54, 1.807) is 13.2 Å². The maximum absolute atomic E-state index is 11.5. The third-order valence-electron chi connectivity index (χ3n) is 3.71. The number of hydrogen-bond acceptors (Lipinski definition) is 5. The van der Waals surface area contributed by atoms with Crippen molar-refractivity contribution in [3.05, 3.63) is 12.3 Å². The fourth-order valence-corrected chi connectivity index (χ4v) is 2.55. The maximum atomic E-state index is 11.5. The van der Waals surface area contributed by atoms with Crippen LogP contribution in [0, 0.1) is 11.8 Å². The summed E-state index contributed by atoms with van der Waals surface area (Å²) in [6.45, 7) is 0.872. The number of nitrogen functional groups attached to an aromatic ring is 1. The molecular formula is C13H21N5O. The van der Waals surface area contributed by atoms with Crippen LogP contribution in [0.15, 0.2) is 12.3 Å². The quantitative estimate of drug-likeness (QED) is 0.754. The van der Waals surface area contributed by atoms with Crippen LogP contribution in [-0.2, 0) is 4.79 Å². The largest absolute Gasteiger partial charge is 0.370 e. The monoisotopic (exact) mass is 263 g/mol. The zero-order chi connectivity index (χ0) is 13.7. The van der Waals surface area contributed by atoms with E-state index >= 15 is 0 Å². The summed E-state index contributed by atoms with van der Waals surface area (Å²) < 4.78 is 0. The number of nitrogens with one attached hydrogen (secondary N) is 2. The summed E-state index contributed by atoms with van der Waals surface area (Å²) in [5.74, 6) is 2.01. The van der Waals surface area contributed by atoms with Gasteiger partial charge in [-0.3, -0.25) is 4.79 Å². The Labute approximate surface area is 113 Å². The minimum absolute atomic E-state index is 0.176. The number of hydrogen-bond donors (Lipinski definition) is 3. The van der Waals surface area contributed by atoms with Crippen molar-refractivity contribution in [3.63, 3.8) is 0 Å². The third-order valence-corrected chi connectivity index (χ3v) is 3.71. The number of anilines is 2. The van der Waals surface area contributed by atoms with Gasteiger partial charge < -0.3 is 16.4 Å². The molecule has 4 N–H and O–H groups in total. The van der Waals surface area contributed by atoms with E-state index in [1.807, 2.05) is 6.07 Å². The summed E-state index contributed by atoms with van der Waals surface area (Å²) in [5.41, 5.74) is 5.53. The first kappa shape index (κ1) is 13.6. The van der Waals surface area contributed by atoms with Crippen molar-refractivity contribution in [1.82, 2.24) is 15.3 Å². The van der Waals surface area contributed by atoms with E-state index in [0.717, 1.165) is 38.0 Å². The van der Waals surface area contributed by atoms with E-state index in [2.05, 4.69) is 20.6 Å². The first-order valence-corrected chi connectivity index (χ1v) is 6.73. The highest BCUT2D eigenvalue weighted by molar-refractivity contribution is 5.78. The molecule has 104 valence electrons. The molecule has 0 aliphatic heterocycles. The molecule has 1 saturated carbocycles. The molecule has 1 aromatic rings. The second kappa shape index (κ2) is 6.36. The number of carbonyl (C=O) groups excluding carboxylic acids is 1. The molecule has 0 aromatic carbocycles. The Morgan fingerprint density at radius 2 is 2.16 bits per heavy atom. The molecule has 1 aliphatic carbocycles. The fraction of sp³-hybridized carbons (Fsp3) is 0.615. The summed E-state index contributed by atoms with van der Waals surface area (Å²) in [6, 6.07) is 1.81. The van der Waals surface area contributed by atoms with Crippen LogP contribution in [0.25, 0.3) is 0 Å². The van der Waals surface area contributed by atoms with Crippen molar-refractivity contribution in [2.24, 2.45) is 11.8 Å². The summed E-state index contributed by atoms with van der Waals surface area (Å²) in [5, 5.41) is 6.01. The normalized spacial score (nSPS) is 22.8. The molecule has 1 heterocycles. The van der Waals surface area contributed by atoms with Gasteiger partial charge >= 0.3 is 0 Å². The number of nitrogens with two attached hydrogens (primary N) is 1. The third kappa shape index (κ3) is 3.81. The fourth-order valence-electron chi connectivity index (χ4n) is 2.55. The van der Waals surface area contributed by atoms with Gasteiger partial charge in [0.25, 0.3) is 0 Å². The Kier molecular flexibility index (Phi) is 4.54. The van der Waals surface area contributed by atoms with E-state index in [0.29, 0.717) is 5.92 Å². The van der Waals surface area contributed by atoms with Gasteiger partial charge in [0.15, 0.2) is 0 Å². The van der Waals surface area contributed by atoms with Crippen LogP contribution in [0.2, 0.25) is 0 Å². The summed E-state index contributed by atoms with van der Waals surface area (Å²) >= 11 is 0. The zero-order valence-corrected chi connectivity index (χ0v) is 11.2. The lowest BCUT2D eigenvalue weighted by Gasteiger charge is -2.27. The topological polar surface area (TPSA) is 92.9 Å². The van der Waals surface area contributed by atoms with Crippen LogP contribution in [-0.4, -0.2) is 29.5 Å². The van der Waals surface area contributed by atoms with Crippen molar-refractivity contribution >= 4 is 17.7 Å². The lowest BCUT2D eigenvalue weighted by molar-refractivity contribution is -0.125. The van der Waals surface area contributed by atoms with Gasteiger partial charge in [0.05, 0.1) is 0 Å². The van der Waals surface area contributed by atoms with Crippen molar-refractivity contribution in [1.29, 1.82) is 0 Å². The lowest BCUT2D eigenvalue weighted by Crippen LogP contribution is -2.32. The molecule has 0 radical (unpaired) electrons. The van der Waals surface area contributed by atoms with Gasteiger partial charge in [-0.15, -0.1) is 0 Å². The number of rotatable bonds is 4. The molecule has 0 spiro atoms. The van der Waals surface area contributed by atoms with E-state index in [4.69, 9.17) is 5.73 Å². The molecule has 0 atom stereocenters. The molecule has 0 unspecified atom stereocenters. The van der Waals surface area contributed by atoms with Gasteiger partial charge in [-0.2, -0.15) is 4.98 Å². The minimum Gasteiger partial charge on any atom is -0.370 e. The van der Waals surface area contributed by atoms with Gasteiger partial charge in [0, 0.05) is 25.7 Å². The van der Waals surface area contributed by atoms with Crippen LogP contribution in [0.3, 0.4) is 0 Å². The highest BCUT2D eigenvalue weighted by Gasteiger charge is 2.25. The first-order chi connectivity index (χ1) is 9.19. The Hall–Kier alpha value is -1.85. The smallest absolute Gasteiger partial charge is 0.222 e. The highest BCUT2D eigenvalue weighted by atomic mass is 16.1. The molecular weight excluding hydrogens is 242 g/mol. The average Bonchev–Trinajstić information content (AvgIpc) is 2.45. The number of aromatic nitrogens is 2. The van der Waals surface area contributed by atoms with E-state index in [-0.39, 0.29) is 17.8 Å². The van der Waals surface area contributed by atoms with Crippen molar-refractivity contribution in [2.75, 3.05) is 24.6 Å². The SMILES string of the molecule is CNC(=O)C1CCC(CNc2ccnc(N)n2)CC1. The van der Waals surface area contributed by atoms with Crippen LogP contribution >= 0.6 is 0 Å². The molecule has 1 amide bonds. The molecule has 6 heteroatoms. The van der Waals surface area contributed by atoms with E-state index < -0.39 is 0 Å². The van der Waals surface area contributed by atoms with Gasteiger partial charge in [-0.25, -0.2) is 4.98 Å². The van der Waals surface area contributed by atoms with Crippen LogP contribution in [0.4, 0.5) is 11.8 Å². The number of nitrogens with zero attached hydrogens (tertiary/aromatic N) is 2. The van der Waals surface area contributed by atoms with Crippen molar-refractivity contribution < 1.29 is 4.79 Å². The van der Waals surface area contributed by atoms with Gasteiger partial charge in [-0.05, 0) is 37.7 Å². The zero-order valence-electron chi connectivity index (χ0n) is 11.2. The maximum Gasteiger partial charge on any atom is 0.222 e. The van der Waals surface area contributed by atoms with Gasteiger partial charge in [0.1, 0.15) is 5.82 Å². The standard InChI is InChI=1S/C13H21N5O/c1-15-12(19)10-4-2-9(3-5-10)8-17-11-6-7-16-13(14)18-11/h6-7,9-10H,2-5,8H2,1H3,(H,15,19)(H3,14,16,17,18). The molecule has 0 saturated heterocycles. The molecule has 1 fully saturated rings. The van der Waals surface area contributed by atoms with Crippen LogP contribution in [0.1, 0.15) is 25.7 Å². The Bertz CT molecular complexity index is 429. The summed E-state index contributed by atoms with van der Waals surface area (Å²) in [6.07, 6.45) is 5.74. The molecule has 6 nitrogen and oxygen atoms in total. The van der Waals surface area contributed by atoms with Crippen LogP contribution in [0.5, 0.6) is 0 Å². The second-order valence-corrected chi connectivity index (χ2v) is 5.01. The second-order valence-electron chi connectivity index (χ2n) is 5.01. The highest BCUT2D eigenvalue weighted by Crippen LogP contribution is 2.28. The lowest BCUT2D eigenvalue weighted by atomic mass is 9.81. The average molecular weight is 263 g/mol. The van der Waals surface area contributed by atoms with Gasteiger partial charge in [0.2, 0.25) is 11.9 Å². The van der Waals surface area contributed by atoms with Crippen LogP contribution < -0.4 is 16.4 Å². The predicted molar refractivity (Wildman–Crippen MR) is 74.4 cm³/mol. The molecule has 19 heavy (non-hydrogen) atoms. The van der Waals surface area contributed by atoms with Gasteiger partial charge in [-0.1, -0.05) is 0 Å². The summed E-state index contributed by atoms with van der Waals surface area (Å²) in [4.78, 5) is 19.5. The Morgan fingerprint density at radius 1 is 1.42 bits per heavy atom. The van der Waals surface area contributed by atoms with E-state index in [9.17, 15) is 4.79 Å². The van der Waals surface area contributed by atoms with Crippen molar-refractivity contribution in [3.8, 4) is 0 Å². The minimum atomic E-state index is 0.176. The molecule has 0 bridgehead atoms. The first-order valence-electron chi connectivity index (χ1n) is 6.73. The predicted octanol–water partition coefficient (Wildman–Crippen LogP) is 1.02. The number of amides is 1. The molecule has 1 aromatic heterocycles. The number of carbonyl (C=O) groups is 1.